The van der Waals surface area contributed by atoms with Crippen molar-refractivity contribution in [2.24, 2.45) is 11.3 Å². The maximum absolute atomic E-state index is 12.4. The number of thiocarbonyl (C=S) groups is 1. The van der Waals surface area contributed by atoms with Gasteiger partial charge in [-0.1, -0.05) is 20.8 Å². The van der Waals surface area contributed by atoms with Crippen LogP contribution in [-0.4, -0.2) is 37.4 Å². The first-order chi connectivity index (χ1) is 12.8. The molecule has 2 rings (SSSR count). The molecule has 1 fully saturated rings. The quantitative estimate of drug-likeness (QED) is 0.568. The summed E-state index contributed by atoms with van der Waals surface area (Å²) in [6.07, 6.45) is 4.57. The van der Waals surface area contributed by atoms with Crippen LogP contribution in [-0.2, 0) is 4.74 Å². The van der Waals surface area contributed by atoms with E-state index in [9.17, 15) is 4.79 Å². The molecular formula is C21H32N2O3S. The molecule has 5 nitrogen and oxygen atoms in total. The van der Waals surface area contributed by atoms with Gasteiger partial charge >= 0.3 is 0 Å². The zero-order valence-electron chi connectivity index (χ0n) is 16.8. The summed E-state index contributed by atoms with van der Waals surface area (Å²) in [5, 5.41) is 6.48. The summed E-state index contributed by atoms with van der Waals surface area (Å²) >= 11 is 5.33. The Kier molecular flexibility index (Phi) is 8.05. The van der Waals surface area contributed by atoms with E-state index in [4.69, 9.17) is 21.7 Å². The van der Waals surface area contributed by atoms with Gasteiger partial charge in [0.2, 0.25) is 0 Å². The SMILES string of the molecule is COCCOc1ccc(C(=O)NC(=S)NC2CCC(C(C)(C)C)CC2)cc1. The molecule has 1 aliphatic rings. The van der Waals surface area contributed by atoms with Crippen LogP contribution < -0.4 is 15.4 Å². The summed E-state index contributed by atoms with van der Waals surface area (Å²) < 4.78 is 10.4. The minimum absolute atomic E-state index is 0.209. The van der Waals surface area contributed by atoms with Crippen LogP contribution in [0.25, 0.3) is 0 Å². The van der Waals surface area contributed by atoms with E-state index in [1.54, 1.807) is 31.4 Å². The predicted molar refractivity (Wildman–Crippen MR) is 112 cm³/mol. The van der Waals surface area contributed by atoms with Crippen LogP contribution in [0.1, 0.15) is 56.8 Å². The summed E-state index contributed by atoms with van der Waals surface area (Å²) in [4.78, 5) is 12.4. The van der Waals surface area contributed by atoms with E-state index in [1.807, 2.05) is 0 Å². The zero-order chi connectivity index (χ0) is 19.9. The lowest BCUT2D eigenvalue weighted by atomic mass is 9.71. The van der Waals surface area contributed by atoms with Crippen LogP contribution >= 0.6 is 12.2 Å². The van der Waals surface area contributed by atoms with Crippen molar-refractivity contribution in [2.75, 3.05) is 20.3 Å². The molecule has 27 heavy (non-hydrogen) atoms. The normalized spacial score (nSPS) is 20.0. The van der Waals surface area contributed by atoms with E-state index in [1.165, 1.54) is 12.8 Å². The lowest BCUT2D eigenvalue weighted by Gasteiger charge is -2.37. The summed E-state index contributed by atoms with van der Waals surface area (Å²) in [5.74, 6) is 1.25. The molecule has 1 aromatic carbocycles. The molecule has 1 amide bonds. The summed E-state index contributed by atoms with van der Waals surface area (Å²) in [5.41, 5.74) is 0.911. The summed E-state index contributed by atoms with van der Waals surface area (Å²) in [7, 11) is 1.63. The van der Waals surface area contributed by atoms with Crippen molar-refractivity contribution in [3.8, 4) is 5.75 Å². The standard InChI is InChI=1S/C21H32N2O3S/c1-21(2,3)16-7-9-17(10-8-16)22-20(27)23-19(24)15-5-11-18(12-6-15)26-14-13-25-4/h5-6,11-12,16-17H,7-10,13-14H2,1-4H3,(H2,22,23,24,27). The maximum atomic E-state index is 12.4. The molecule has 1 aromatic rings. The van der Waals surface area contributed by atoms with Gasteiger partial charge in [-0.15, -0.1) is 0 Å². The van der Waals surface area contributed by atoms with Gasteiger partial charge in [0.15, 0.2) is 5.11 Å². The highest BCUT2D eigenvalue weighted by Crippen LogP contribution is 2.37. The second kappa shape index (κ2) is 10.0. The number of rotatable bonds is 6. The minimum Gasteiger partial charge on any atom is -0.491 e. The van der Waals surface area contributed by atoms with E-state index in [-0.39, 0.29) is 5.91 Å². The third-order valence-electron chi connectivity index (χ3n) is 5.19. The Bertz CT molecular complexity index is 617. The third kappa shape index (κ3) is 7.11. The number of nitrogens with one attached hydrogen (secondary N) is 2. The smallest absolute Gasteiger partial charge is 0.257 e. The fourth-order valence-corrected chi connectivity index (χ4v) is 3.71. The molecule has 0 saturated heterocycles. The van der Waals surface area contributed by atoms with Crippen molar-refractivity contribution in [3.63, 3.8) is 0 Å². The molecule has 0 atom stereocenters. The van der Waals surface area contributed by atoms with Crippen molar-refractivity contribution in [3.05, 3.63) is 29.8 Å². The molecule has 0 aliphatic heterocycles. The third-order valence-corrected chi connectivity index (χ3v) is 5.41. The average molecular weight is 393 g/mol. The van der Waals surface area contributed by atoms with E-state index in [2.05, 4.69) is 31.4 Å². The van der Waals surface area contributed by atoms with Gasteiger partial charge < -0.3 is 14.8 Å². The number of carbonyl (C=O) groups excluding carboxylic acids is 1. The molecule has 0 spiro atoms. The molecule has 1 aliphatic carbocycles. The van der Waals surface area contributed by atoms with Crippen molar-refractivity contribution in [2.45, 2.75) is 52.5 Å². The Balaban J connectivity index is 1.76. The van der Waals surface area contributed by atoms with Crippen LogP contribution in [0, 0.1) is 11.3 Å². The monoisotopic (exact) mass is 392 g/mol. The van der Waals surface area contributed by atoms with Crippen LogP contribution in [0.2, 0.25) is 0 Å². The average Bonchev–Trinajstić information content (AvgIpc) is 2.62. The van der Waals surface area contributed by atoms with Crippen LogP contribution in [0.5, 0.6) is 5.75 Å². The molecule has 0 unspecified atom stereocenters. The van der Waals surface area contributed by atoms with Gasteiger partial charge in [0, 0.05) is 18.7 Å². The molecular weight excluding hydrogens is 360 g/mol. The molecule has 0 aromatic heterocycles. The van der Waals surface area contributed by atoms with Crippen molar-refractivity contribution < 1.29 is 14.3 Å². The number of hydrogen-bond donors (Lipinski definition) is 2. The minimum atomic E-state index is -0.209. The molecule has 0 radical (unpaired) electrons. The number of hydrogen-bond acceptors (Lipinski definition) is 4. The first-order valence-corrected chi connectivity index (χ1v) is 10.0. The lowest BCUT2D eigenvalue weighted by Crippen LogP contribution is -2.46. The van der Waals surface area contributed by atoms with Gasteiger partial charge in [0.05, 0.1) is 6.61 Å². The number of methoxy groups -OCH3 is 1. The van der Waals surface area contributed by atoms with Gasteiger partial charge in [-0.25, -0.2) is 0 Å². The summed E-state index contributed by atoms with van der Waals surface area (Å²) in [6, 6.07) is 7.35. The first kappa shape index (κ1) is 21.6. The van der Waals surface area contributed by atoms with Crippen molar-refractivity contribution in [1.82, 2.24) is 10.6 Å². The maximum Gasteiger partial charge on any atom is 0.257 e. The van der Waals surface area contributed by atoms with E-state index in [0.29, 0.717) is 41.1 Å². The molecule has 2 N–H and O–H groups in total. The Morgan fingerprint density at radius 1 is 1.11 bits per heavy atom. The fraction of sp³-hybridized carbons (Fsp3) is 0.619. The molecule has 0 heterocycles. The van der Waals surface area contributed by atoms with Gasteiger partial charge in [-0.05, 0) is 73.5 Å². The Hall–Kier alpha value is -1.66. The highest BCUT2D eigenvalue weighted by Gasteiger charge is 2.29. The number of carbonyl (C=O) groups is 1. The largest absolute Gasteiger partial charge is 0.491 e. The highest BCUT2D eigenvalue weighted by atomic mass is 32.1. The predicted octanol–water partition coefficient (Wildman–Crippen LogP) is 3.92. The van der Waals surface area contributed by atoms with E-state index < -0.39 is 0 Å². The second-order valence-corrected chi connectivity index (χ2v) is 8.62. The Morgan fingerprint density at radius 3 is 2.30 bits per heavy atom. The van der Waals surface area contributed by atoms with Crippen LogP contribution in [0.3, 0.4) is 0 Å². The van der Waals surface area contributed by atoms with E-state index >= 15 is 0 Å². The highest BCUT2D eigenvalue weighted by molar-refractivity contribution is 7.80. The topological polar surface area (TPSA) is 59.6 Å². The van der Waals surface area contributed by atoms with E-state index in [0.717, 1.165) is 18.8 Å². The summed E-state index contributed by atoms with van der Waals surface area (Å²) in [6.45, 7) is 7.94. The Morgan fingerprint density at radius 2 is 1.74 bits per heavy atom. The van der Waals surface area contributed by atoms with Crippen LogP contribution in [0.4, 0.5) is 0 Å². The number of amides is 1. The van der Waals surface area contributed by atoms with Gasteiger partial charge in [0.1, 0.15) is 12.4 Å². The Labute approximate surface area is 168 Å². The first-order valence-electron chi connectivity index (χ1n) is 9.63. The number of ether oxygens (including phenoxy) is 2. The zero-order valence-corrected chi connectivity index (χ0v) is 17.7. The molecule has 0 bridgehead atoms. The lowest BCUT2D eigenvalue weighted by molar-refractivity contribution is 0.0976. The van der Waals surface area contributed by atoms with Crippen molar-refractivity contribution in [1.29, 1.82) is 0 Å². The van der Waals surface area contributed by atoms with Crippen LogP contribution in [0.15, 0.2) is 24.3 Å². The molecule has 150 valence electrons. The molecule has 1 saturated carbocycles. The van der Waals surface area contributed by atoms with Crippen molar-refractivity contribution >= 4 is 23.2 Å². The second-order valence-electron chi connectivity index (χ2n) is 8.21. The fourth-order valence-electron chi connectivity index (χ4n) is 3.45. The van der Waals surface area contributed by atoms with Gasteiger partial charge in [-0.2, -0.15) is 0 Å². The van der Waals surface area contributed by atoms with Gasteiger partial charge in [-0.3, -0.25) is 10.1 Å². The molecule has 6 heteroatoms. The number of benzene rings is 1. The van der Waals surface area contributed by atoms with Gasteiger partial charge in [0.25, 0.3) is 5.91 Å².